The Morgan fingerprint density at radius 1 is 1.05 bits per heavy atom. The summed E-state index contributed by atoms with van der Waals surface area (Å²) in [5.74, 6) is 0.286. The second kappa shape index (κ2) is 4.95. The fourth-order valence-electron chi connectivity index (χ4n) is 2.14. The molecule has 1 atom stereocenters. The van der Waals surface area contributed by atoms with E-state index in [9.17, 15) is 26.3 Å². The predicted octanol–water partition coefficient (Wildman–Crippen LogP) is 4.52. The summed E-state index contributed by atoms with van der Waals surface area (Å²) in [5, 5.41) is 0. The van der Waals surface area contributed by atoms with E-state index < -0.39 is 29.5 Å². The Kier molecular flexibility index (Phi) is 3.75. The molecule has 1 aliphatic rings. The van der Waals surface area contributed by atoms with Crippen LogP contribution in [0.15, 0.2) is 18.2 Å². The monoisotopic (exact) mass is 297 g/mol. The first kappa shape index (κ1) is 15.2. The van der Waals surface area contributed by atoms with E-state index in [0.29, 0.717) is 12.5 Å². The van der Waals surface area contributed by atoms with Crippen molar-refractivity contribution in [1.29, 1.82) is 0 Å². The number of hydrogen-bond donors (Lipinski definition) is 1. The minimum atomic E-state index is -4.85. The molecule has 1 aromatic carbocycles. The van der Waals surface area contributed by atoms with Gasteiger partial charge in [-0.2, -0.15) is 26.3 Å². The van der Waals surface area contributed by atoms with Gasteiger partial charge in [-0.1, -0.05) is 18.9 Å². The minimum absolute atomic E-state index is 0.141. The Hall–Kier alpha value is -1.24. The van der Waals surface area contributed by atoms with Crippen molar-refractivity contribution < 1.29 is 26.3 Å². The lowest BCUT2D eigenvalue weighted by Gasteiger charge is -2.20. The van der Waals surface area contributed by atoms with Gasteiger partial charge in [0.1, 0.15) is 0 Å². The van der Waals surface area contributed by atoms with Crippen LogP contribution in [0.4, 0.5) is 26.3 Å². The Bertz CT molecular complexity index is 487. The van der Waals surface area contributed by atoms with Crippen molar-refractivity contribution in [3.63, 3.8) is 0 Å². The Morgan fingerprint density at radius 3 is 2.10 bits per heavy atom. The molecule has 112 valence electrons. The van der Waals surface area contributed by atoms with Crippen LogP contribution in [0.25, 0.3) is 0 Å². The van der Waals surface area contributed by atoms with Crippen molar-refractivity contribution in [2.24, 2.45) is 11.7 Å². The van der Waals surface area contributed by atoms with E-state index in [1.54, 1.807) is 0 Å². The number of hydrogen-bond acceptors (Lipinski definition) is 1. The summed E-state index contributed by atoms with van der Waals surface area (Å²) in [5.41, 5.74) is 2.84. The molecule has 0 aliphatic heterocycles. The highest BCUT2D eigenvalue weighted by atomic mass is 19.4. The third kappa shape index (κ3) is 3.45. The molecule has 1 aromatic rings. The smallest absolute Gasteiger partial charge is 0.324 e. The van der Waals surface area contributed by atoms with Gasteiger partial charge in [0.15, 0.2) is 0 Å². The molecule has 20 heavy (non-hydrogen) atoms. The maximum atomic E-state index is 12.9. The molecule has 0 radical (unpaired) electrons. The maximum Gasteiger partial charge on any atom is 0.416 e. The molecule has 1 fully saturated rings. The number of nitrogens with two attached hydrogens (primary N) is 1. The fraction of sp³-hybridized carbons (Fsp3) is 0.538. The van der Waals surface area contributed by atoms with E-state index in [1.807, 2.05) is 0 Å². The normalized spacial score (nSPS) is 18.1. The lowest BCUT2D eigenvalue weighted by molar-refractivity contribution is -0.143. The predicted molar refractivity (Wildman–Crippen MR) is 60.7 cm³/mol. The van der Waals surface area contributed by atoms with E-state index in [4.69, 9.17) is 5.73 Å². The van der Waals surface area contributed by atoms with E-state index >= 15 is 0 Å². The lowest BCUT2D eigenvalue weighted by Crippen LogP contribution is -2.19. The first-order valence-corrected chi connectivity index (χ1v) is 6.13. The molecule has 0 bridgehead atoms. The average molecular weight is 297 g/mol. The zero-order valence-corrected chi connectivity index (χ0v) is 10.4. The number of rotatable bonds is 3. The first-order chi connectivity index (χ1) is 9.09. The summed E-state index contributed by atoms with van der Waals surface area (Å²) in [7, 11) is 0. The van der Waals surface area contributed by atoms with Crippen LogP contribution in [0.2, 0.25) is 0 Å². The molecule has 0 amide bonds. The van der Waals surface area contributed by atoms with Crippen molar-refractivity contribution in [2.45, 2.75) is 37.7 Å². The highest BCUT2D eigenvalue weighted by Gasteiger charge is 2.39. The van der Waals surface area contributed by atoms with Crippen LogP contribution in [-0.4, -0.2) is 0 Å². The van der Waals surface area contributed by atoms with Crippen LogP contribution in [0.1, 0.15) is 42.0 Å². The van der Waals surface area contributed by atoms with Gasteiger partial charge in [0, 0.05) is 6.04 Å². The maximum absolute atomic E-state index is 12.9. The van der Waals surface area contributed by atoms with Gasteiger partial charge >= 0.3 is 12.4 Å². The van der Waals surface area contributed by atoms with Gasteiger partial charge in [0.25, 0.3) is 0 Å². The van der Waals surface area contributed by atoms with Crippen LogP contribution in [0.5, 0.6) is 0 Å². The molecule has 2 N–H and O–H groups in total. The molecule has 0 unspecified atom stereocenters. The molecule has 0 spiro atoms. The fourth-order valence-corrected chi connectivity index (χ4v) is 2.14. The zero-order chi connectivity index (χ0) is 15.1. The molecule has 1 nitrogen and oxygen atoms in total. The van der Waals surface area contributed by atoms with Crippen molar-refractivity contribution in [3.8, 4) is 0 Å². The second-order valence-corrected chi connectivity index (χ2v) is 5.08. The van der Waals surface area contributed by atoms with E-state index in [-0.39, 0.29) is 17.5 Å². The van der Waals surface area contributed by atoms with Gasteiger partial charge in [0.05, 0.1) is 11.1 Å². The molecular formula is C13H13F6N. The van der Waals surface area contributed by atoms with E-state index in [1.165, 1.54) is 0 Å². The molecule has 0 aromatic heterocycles. The summed E-state index contributed by atoms with van der Waals surface area (Å²) >= 11 is 0. The van der Waals surface area contributed by atoms with Gasteiger partial charge in [-0.25, -0.2) is 0 Å². The third-order valence-corrected chi connectivity index (χ3v) is 3.37. The highest BCUT2D eigenvalue weighted by Crippen LogP contribution is 2.42. The summed E-state index contributed by atoms with van der Waals surface area (Å²) in [6.45, 7) is 0. The Morgan fingerprint density at radius 2 is 1.65 bits per heavy atom. The van der Waals surface area contributed by atoms with Crippen molar-refractivity contribution in [1.82, 2.24) is 0 Å². The number of benzene rings is 1. The van der Waals surface area contributed by atoms with Crippen LogP contribution in [0, 0.1) is 5.92 Å². The van der Waals surface area contributed by atoms with Gasteiger partial charge < -0.3 is 5.73 Å². The van der Waals surface area contributed by atoms with Crippen LogP contribution in [0.3, 0.4) is 0 Å². The standard InChI is InChI=1S/C13H13F6N/c14-12(15,16)8-3-4-9(10(6-8)13(17,18)19)11(20)5-7-1-2-7/h3-4,6-7,11H,1-2,5,20H2/t11-/m1/s1. The summed E-state index contributed by atoms with van der Waals surface area (Å²) < 4.78 is 76.3. The minimum Gasteiger partial charge on any atom is -0.324 e. The molecule has 2 rings (SSSR count). The Labute approximate surface area is 111 Å². The van der Waals surface area contributed by atoms with E-state index in [0.717, 1.165) is 18.9 Å². The first-order valence-electron chi connectivity index (χ1n) is 6.13. The average Bonchev–Trinajstić information content (AvgIpc) is 3.09. The van der Waals surface area contributed by atoms with E-state index in [2.05, 4.69) is 0 Å². The number of alkyl halides is 6. The van der Waals surface area contributed by atoms with Crippen molar-refractivity contribution in [3.05, 3.63) is 34.9 Å². The molecule has 0 saturated heterocycles. The molecule has 1 aliphatic carbocycles. The quantitative estimate of drug-likeness (QED) is 0.815. The van der Waals surface area contributed by atoms with Crippen LogP contribution in [-0.2, 0) is 12.4 Å². The second-order valence-electron chi connectivity index (χ2n) is 5.08. The van der Waals surface area contributed by atoms with Gasteiger partial charge in [0.2, 0.25) is 0 Å². The van der Waals surface area contributed by atoms with Crippen LogP contribution < -0.4 is 5.73 Å². The van der Waals surface area contributed by atoms with Crippen LogP contribution >= 0.6 is 0 Å². The van der Waals surface area contributed by atoms with Crippen molar-refractivity contribution >= 4 is 0 Å². The van der Waals surface area contributed by atoms with Crippen molar-refractivity contribution in [2.75, 3.05) is 0 Å². The topological polar surface area (TPSA) is 26.0 Å². The highest BCUT2D eigenvalue weighted by molar-refractivity contribution is 5.37. The third-order valence-electron chi connectivity index (χ3n) is 3.37. The molecular weight excluding hydrogens is 284 g/mol. The molecule has 1 saturated carbocycles. The van der Waals surface area contributed by atoms with Gasteiger partial charge in [-0.3, -0.25) is 0 Å². The SMILES string of the molecule is N[C@H](CC1CC1)c1ccc(C(F)(F)F)cc1C(F)(F)F. The summed E-state index contributed by atoms with van der Waals surface area (Å²) in [6.07, 6.45) is -7.46. The van der Waals surface area contributed by atoms with Gasteiger partial charge in [-0.05, 0) is 30.0 Å². The zero-order valence-electron chi connectivity index (χ0n) is 10.4. The number of halogens is 6. The van der Waals surface area contributed by atoms with Gasteiger partial charge in [-0.15, -0.1) is 0 Å². The molecule has 0 heterocycles. The molecule has 7 heteroatoms. The summed E-state index contributed by atoms with van der Waals surface area (Å²) in [6, 6.07) is 0.749. The summed E-state index contributed by atoms with van der Waals surface area (Å²) in [4.78, 5) is 0. The Balaban J connectivity index is 2.39. The largest absolute Gasteiger partial charge is 0.416 e. The lowest BCUT2D eigenvalue weighted by atomic mass is 9.94.